The predicted octanol–water partition coefficient (Wildman–Crippen LogP) is 1.91. The summed E-state index contributed by atoms with van der Waals surface area (Å²) in [6.07, 6.45) is 2.41. The number of nitrogens with zero attached hydrogens (tertiary/aromatic N) is 1. The Balaban J connectivity index is 1.37. The van der Waals surface area contributed by atoms with Gasteiger partial charge in [-0.05, 0) is 23.8 Å². The van der Waals surface area contributed by atoms with Gasteiger partial charge in [-0.1, -0.05) is 6.07 Å². The molecule has 1 amide bonds. The molecule has 2 aliphatic rings. The maximum atomic E-state index is 12.4. The molecule has 4 rings (SSSR count). The van der Waals surface area contributed by atoms with E-state index < -0.39 is 0 Å². The van der Waals surface area contributed by atoms with E-state index in [4.69, 9.17) is 18.9 Å². The second-order valence-electron chi connectivity index (χ2n) is 5.86. The molecular weight excluding hydrogens is 324 g/mol. The summed E-state index contributed by atoms with van der Waals surface area (Å²) in [6, 6.07) is 8.91. The number of carbonyl (C=O) groups excluding carboxylic acids is 1. The summed E-state index contributed by atoms with van der Waals surface area (Å²) in [5.74, 6) is 1.67. The van der Waals surface area contributed by atoms with Crippen molar-refractivity contribution in [2.24, 2.45) is 0 Å². The SMILES string of the molecule is O=C(NCc1ccc2c(c1)OCO2)c1ccnc(O[C@H]2CCOC2)c1. The van der Waals surface area contributed by atoms with Gasteiger partial charge >= 0.3 is 0 Å². The van der Waals surface area contributed by atoms with Crippen LogP contribution in [0.15, 0.2) is 36.5 Å². The molecule has 2 aliphatic heterocycles. The monoisotopic (exact) mass is 342 g/mol. The number of benzene rings is 1. The Hall–Kier alpha value is -2.80. The molecule has 0 aliphatic carbocycles. The van der Waals surface area contributed by atoms with Gasteiger partial charge in [0.2, 0.25) is 12.7 Å². The van der Waals surface area contributed by atoms with Gasteiger partial charge < -0.3 is 24.3 Å². The highest BCUT2D eigenvalue weighted by Gasteiger charge is 2.18. The minimum atomic E-state index is -0.187. The molecule has 0 bridgehead atoms. The van der Waals surface area contributed by atoms with Crippen molar-refractivity contribution in [3.05, 3.63) is 47.7 Å². The number of fused-ring (bicyclic) bond motifs is 1. The third-order valence-electron chi connectivity index (χ3n) is 4.06. The van der Waals surface area contributed by atoms with Crippen molar-refractivity contribution in [1.82, 2.24) is 10.3 Å². The number of ether oxygens (including phenoxy) is 4. The topological polar surface area (TPSA) is 78.9 Å². The van der Waals surface area contributed by atoms with Crippen molar-refractivity contribution in [2.75, 3.05) is 20.0 Å². The van der Waals surface area contributed by atoms with E-state index in [9.17, 15) is 4.79 Å². The van der Waals surface area contributed by atoms with Crippen molar-refractivity contribution in [2.45, 2.75) is 19.1 Å². The molecule has 1 aromatic carbocycles. The fourth-order valence-electron chi connectivity index (χ4n) is 2.73. The van der Waals surface area contributed by atoms with E-state index >= 15 is 0 Å². The molecule has 3 heterocycles. The van der Waals surface area contributed by atoms with E-state index in [1.807, 2.05) is 18.2 Å². The molecule has 0 spiro atoms. The average molecular weight is 342 g/mol. The van der Waals surface area contributed by atoms with Gasteiger partial charge in [-0.15, -0.1) is 0 Å². The normalized spacial score (nSPS) is 18.2. The van der Waals surface area contributed by atoms with Gasteiger partial charge in [0.25, 0.3) is 5.91 Å². The number of pyridine rings is 1. The number of carbonyl (C=O) groups is 1. The Labute approximate surface area is 144 Å². The van der Waals surface area contributed by atoms with Crippen LogP contribution < -0.4 is 19.5 Å². The number of aromatic nitrogens is 1. The summed E-state index contributed by atoms with van der Waals surface area (Å²) in [7, 11) is 0. The van der Waals surface area contributed by atoms with Gasteiger partial charge in [0.1, 0.15) is 6.10 Å². The van der Waals surface area contributed by atoms with Crippen molar-refractivity contribution in [3.8, 4) is 17.4 Å². The number of amides is 1. The highest BCUT2D eigenvalue weighted by molar-refractivity contribution is 5.94. The Kier molecular flexibility index (Phi) is 4.39. The molecule has 0 unspecified atom stereocenters. The van der Waals surface area contributed by atoms with E-state index in [1.54, 1.807) is 18.3 Å². The van der Waals surface area contributed by atoms with Crippen LogP contribution in [0.1, 0.15) is 22.3 Å². The van der Waals surface area contributed by atoms with Crippen LogP contribution in [0.25, 0.3) is 0 Å². The first-order valence-corrected chi connectivity index (χ1v) is 8.15. The first-order valence-electron chi connectivity index (χ1n) is 8.15. The lowest BCUT2D eigenvalue weighted by Crippen LogP contribution is -2.23. The van der Waals surface area contributed by atoms with Crippen molar-refractivity contribution in [3.63, 3.8) is 0 Å². The summed E-state index contributed by atoms with van der Waals surface area (Å²) < 4.78 is 21.6. The molecule has 0 radical (unpaired) electrons. The summed E-state index contributed by atoms with van der Waals surface area (Å²) >= 11 is 0. The molecule has 7 heteroatoms. The van der Waals surface area contributed by atoms with Gasteiger partial charge in [0, 0.05) is 30.8 Å². The molecule has 1 saturated heterocycles. The second kappa shape index (κ2) is 6.98. The number of hydrogen-bond donors (Lipinski definition) is 1. The van der Waals surface area contributed by atoms with Crippen LogP contribution in [0.4, 0.5) is 0 Å². The minimum Gasteiger partial charge on any atom is -0.472 e. The molecule has 1 atom stereocenters. The minimum absolute atomic E-state index is 0.000515. The first kappa shape index (κ1) is 15.7. The molecule has 1 aromatic heterocycles. The summed E-state index contributed by atoms with van der Waals surface area (Å²) in [4.78, 5) is 16.5. The van der Waals surface area contributed by atoms with E-state index in [0.29, 0.717) is 37.0 Å². The zero-order chi connectivity index (χ0) is 17.1. The van der Waals surface area contributed by atoms with Crippen LogP contribution in [-0.2, 0) is 11.3 Å². The van der Waals surface area contributed by atoms with Crippen molar-refractivity contribution < 1.29 is 23.7 Å². The zero-order valence-corrected chi connectivity index (χ0v) is 13.6. The molecule has 25 heavy (non-hydrogen) atoms. The summed E-state index contributed by atoms with van der Waals surface area (Å²) in [5, 5.41) is 2.88. The maximum absolute atomic E-state index is 12.4. The largest absolute Gasteiger partial charge is 0.472 e. The molecule has 130 valence electrons. The lowest BCUT2D eigenvalue weighted by molar-refractivity contribution is 0.0949. The molecule has 7 nitrogen and oxygen atoms in total. The zero-order valence-electron chi connectivity index (χ0n) is 13.6. The van der Waals surface area contributed by atoms with Gasteiger partial charge in [-0.2, -0.15) is 0 Å². The lowest BCUT2D eigenvalue weighted by Gasteiger charge is -2.11. The average Bonchev–Trinajstić information content (AvgIpc) is 3.31. The lowest BCUT2D eigenvalue weighted by atomic mass is 10.2. The smallest absolute Gasteiger partial charge is 0.251 e. The third kappa shape index (κ3) is 3.66. The Bertz CT molecular complexity index is 774. The van der Waals surface area contributed by atoms with Crippen LogP contribution in [0.3, 0.4) is 0 Å². The van der Waals surface area contributed by atoms with Gasteiger partial charge in [-0.25, -0.2) is 4.98 Å². The number of nitrogens with one attached hydrogen (secondary N) is 1. The van der Waals surface area contributed by atoms with Gasteiger partial charge in [-0.3, -0.25) is 4.79 Å². The quantitative estimate of drug-likeness (QED) is 0.894. The van der Waals surface area contributed by atoms with Crippen molar-refractivity contribution >= 4 is 5.91 Å². The van der Waals surface area contributed by atoms with Crippen LogP contribution in [0.2, 0.25) is 0 Å². The molecule has 1 N–H and O–H groups in total. The maximum Gasteiger partial charge on any atom is 0.251 e. The van der Waals surface area contributed by atoms with Crippen LogP contribution in [0, 0.1) is 0 Å². The molecule has 0 saturated carbocycles. The summed E-state index contributed by atoms with van der Waals surface area (Å²) in [5.41, 5.74) is 1.44. The van der Waals surface area contributed by atoms with E-state index in [-0.39, 0.29) is 18.8 Å². The predicted molar refractivity (Wildman–Crippen MR) is 87.8 cm³/mol. The van der Waals surface area contributed by atoms with Crippen molar-refractivity contribution in [1.29, 1.82) is 0 Å². The first-order chi connectivity index (χ1) is 12.3. The van der Waals surface area contributed by atoms with Crippen LogP contribution in [-0.4, -0.2) is 37.0 Å². The van der Waals surface area contributed by atoms with Crippen LogP contribution >= 0.6 is 0 Å². The van der Waals surface area contributed by atoms with E-state index in [1.165, 1.54) is 0 Å². The van der Waals surface area contributed by atoms with Gasteiger partial charge in [0.15, 0.2) is 11.5 Å². The standard InChI is InChI=1S/C18H18N2O5/c21-18(20-9-12-1-2-15-16(7-12)24-11-23-15)13-3-5-19-17(8-13)25-14-4-6-22-10-14/h1-3,5,7-8,14H,4,6,9-11H2,(H,20,21)/t14-/m0/s1. The highest BCUT2D eigenvalue weighted by Crippen LogP contribution is 2.32. The second-order valence-corrected chi connectivity index (χ2v) is 5.86. The summed E-state index contributed by atoms with van der Waals surface area (Å²) in [6.45, 7) is 1.88. The Morgan fingerprint density at radius 3 is 3.04 bits per heavy atom. The Morgan fingerprint density at radius 1 is 1.24 bits per heavy atom. The fraction of sp³-hybridized carbons (Fsp3) is 0.333. The molecular formula is C18H18N2O5. The number of hydrogen-bond acceptors (Lipinski definition) is 6. The highest BCUT2D eigenvalue weighted by atomic mass is 16.7. The Morgan fingerprint density at radius 2 is 2.16 bits per heavy atom. The van der Waals surface area contributed by atoms with Crippen LogP contribution in [0.5, 0.6) is 17.4 Å². The van der Waals surface area contributed by atoms with E-state index in [2.05, 4.69) is 10.3 Å². The fourth-order valence-corrected chi connectivity index (χ4v) is 2.73. The van der Waals surface area contributed by atoms with Gasteiger partial charge in [0.05, 0.1) is 13.2 Å². The number of rotatable bonds is 5. The molecule has 1 fully saturated rings. The third-order valence-corrected chi connectivity index (χ3v) is 4.06. The molecule has 2 aromatic rings. The van der Waals surface area contributed by atoms with E-state index in [0.717, 1.165) is 17.7 Å².